The van der Waals surface area contributed by atoms with Crippen LogP contribution in [0.1, 0.15) is 57.4 Å². The van der Waals surface area contributed by atoms with E-state index in [4.69, 9.17) is 4.74 Å². The number of hydrogen-bond donors (Lipinski definition) is 0. The maximum Gasteiger partial charge on any atom is 0.243 e. The number of ether oxygens (including phenoxy) is 1. The standard InChI is InChI=1S/C18H27NO3S/c1-14-12-19(13-15(2)22-14)23(20,21)18-10-8-17(9-11-18)16-6-4-3-5-7-16/h8-11,14-16H,3-7,12-13H2,1-2H3/t14-,15+. The summed E-state index contributed by atoms with van der Waals surface area (Å²) in [5, 5.41) is 0. The third-order valence-electron chi connectivity index (χ3n) is 4.98. The molecule has 3 rings (SSSR count). The number of morpholine rings is 1. The van der Waals surface area contributed by atoms with Crippen molar-refractivity contribution in [2.24, 2.45) is 0 Å². The summed E-state index contributed by atoms with van der Waals surface area (Å²) >= 11 is 0. The third kappa shape index (κ3) is 3.78. The van der Waals surface area contributed by atoms with Gasteiger partial charge in [0.2, 0.25) is 10.0 Å². The van der Waals surface area contributed by atoms with E-state index in [0.717, 1.165) is 0 Å². The topological polar surface area (TPSA) is 46.6 Å². The molecule has 128 valence electrons. The molecule has 2 fully saturated rings. The molecule has 2 aliphatic rings. The van der Waals surface area contributed by atoms with E-state index in [1.54, 1.807) is 16.4 Å². The largest absolute Gasteiger partial charge is 0.373 e. The van der Waals surface area contributed by atoms with Gasteiger partial charge in [0.1, 0.15) is 0 Å². The Morgan fingerprint density at radius 1 is 0.957 bits per heavy atom. The first-order valence-corrected chi connectivity index (χ1v) is 10.2. The highest BCUT2D eigenvalue weighted by Gasteiger charge is 2.32. The molecule has 1 aliphatic carbocycles. The van der Waals surface area contributed by atoms with E-state index in [0.29, 0.717) is 23.9 Å². The Balaban J connectivity index is 1.77. The zero-order chi connectivity index (χ0) is 16.4. The van der Waals surface area contributed by atoms with E-state index in [1.165, 1.54) is 37.7 Å². The van der Waals surface area contributed by atoms with Gasteiger partial charge in [0.15, 0.2) is 0 Å². The second-order valence-corrected chi connectivity index (χ2v) is 8.92. The molecule has 0 N–H and O–H groups in total. The smallest absolute Gasteiger partial charge is 0.243 e. The summed E-state index contributed by atoms with van der Waals surface area (Å²) < 4.78 is 32.9. The van der Waals surface area contributed by atoms with E-state index in [9.17, 15) is 8.42 Å². The molecule has 0 bridgehead atoms. The lowest BCUT2D eigenvalue weighted by atomic mass is 9.84. The van der Waals surface area contributed by atoms with Gasteiger partial charge < -0.3 is 4.74 Å². The van der Waals surface area contributed by atoms with Crippen LogP contribution in [-0.4, -0.2) is 38.0 Å². The molecule has 1 saturated heterocycles. The van der Waals surface area contributed by atoms with Gasteiger partial charge in [-0.15, -0.1) is 0 Å². The zero-order valence-electron chi connectivity index (χ0n) is 14.1. The number of sulfonamides is 1. The van der Waals surface area contributed by atoms with Gasteiger partial charge in [-0.3, -0.25) is 0 Å². The van der Waals surface area contributed by atoms with E-state index in [-0.39, 0.29) is 12.2 Å². The fourth-order valence-electron chi connectivity index (χ4n) is 3.82. The average Bonchev–Trinajstić information content (AvgIpc) is 2.55. The maximum atomic E-state index is 12.8. The molecular weight excluding hydrogens is 310 g/mol. The molecule has 2 atom stereocenters. The quantitative estimate of drug-likeness (QED) is 0.847. The Hall–Kier alpha value is -0.910. The number of nitrogens with zero attached hydrogens (tertiary/aromatic N) is 1. The Morgan fingerprint density at radius 3 is 2.09 bits per heavy atom. The first kappa shape index (κ1) is 16.9. The molecule has 0 amide bonds. The van der Waals surface area contributed by atoms with Gasteiger partial charge in [0.05, 0.1) is 17.1 Å². The van der Waals surface area contributed by atoms with Crippen LogP contribution in [0.3, 0.4) is 0 Å². The lowest BCUT2D eigenvalue weighted by Crippen LogP contribution is -2.48. The van der Waals surface area contributed by atoms with Gasteiger partial charge in [-0.05, 0) is 50.3 Å². The molecule has 0 unspecified atom stereocenters. The Morgan fingerprint density at radius 2 is 1.52 bits per heavy atom. The first-order chi connectivity index (χ1) is 11.0. The van der Waals surface area contributed by atoms with Crippen LogP contribution >= 0.6 is 0 Å². The highest BCUT2D eigenvalue weighted by atomic mass is 32.2. The van der Waals surface area contributed by atoms with E-state index >= 15 is 0 Å². The normalized spacial score (nSPS) is 27.9. The summed E-state index contributed by atoms with van der Waals surface area (Å²) in [7, 11) is -3.42. The summed E-state index contributed by atoms with van der Waals surface area (Å²) in [5.41, 5.74) is 1.28. The van der Waals surface area contributed by atoms with Crippen molar-refractivity contribution in [3.63, 3.8) is 0 Å². The Bertz CT molecular complexity index is 610. The number of benzene rings is 1. The molecule has 1 aliphatic heterocycles. The number of hydrogen-bond acceptors (Lipinski definition) is 3. The van der Waals surface area contributed by atoms with Crippen molar-refractivity contribution < 1.29 is 13.2 Å². The second-order valence-electron chi connectivity index (χ2n) is 6.98. The van der Waals surface area contributed by atoms with Crippen molar-refractivity contribution in [1.82, 2.24) is 4.31 Å². The molecule has 1 heterocycles. The second kappa shape index (κ2) is 6.91. The SMILES string of the molecule is C[C@@H]1CN(S(=O)(=O)c2ccc(C3CCCCC3)cc2)C[C@H](C)O1. The summed E-state index contributed by atoms with van der Waals surface area (Å²) in [6.07, 6.45) is 6.23. The van der Waals surface area contributed by atoms with Gasteiger partial charge in [0, 0.05) is 13.1 Å². The van der Waals surface area contributed by atoms with Crippen LogP contribution in [0, 0.1) is 0 Å². The van der Waals surface area contributed by atoms with Gasteiger partial charge >= 0.3 is 0 Å². The van der Waals surface area contributed by atoms with Crippen molar-refractivity contribution in [2.75, 3.05) is 13.1 Å². The van der Waals surface area contributed by atoms with Crippen molar-refractivity contribution in [2.45, 2.75) is 69.0 Å². The molecule has 1 saturated carbocycles. The highest BCUT2D eigenvalue weighted by Crippen LogP contribution is 2.33. The van der Waals surface area contributed by atoms with E-state index in [1.807, 2.05) is 26.0 Å². The fourth-order valence-corrected chi connectivity index (χ4v) is 5.41. The monoisotopic (exact) mass is 337 g/mol. The van der Waals surface area contributed by atoms with Crippen LogP contribution in [0.5, 0.6) is 0 Å². The van der Waals surface area contributed by atoms with E-state index in [2.05, 4.69) is 0 Å². The van der Waals surface area contributed by atoms with Gasteiger partial charge in [-0.1, -0.05) is 31.4 Å². The lowest BCUT2D eigenvalue weighted by Gasteiger charge is -2.34. The fraction of sp³-hybridized carbons (Fsp3) is 0.667. The minimum absolute atomic E-state index is 0.0602. The highest BCUT2D eigenvalue weighted by molar-refractivity contribution is 7.89. The maximum absolute atomic E-state index is 12.8. The third-order valence-corrected chi connectivity index (χ3v) is 6.83. The van der Waals surface area contributed by atoms with Crippen LogP contribution in [0.25, 0.3) is 0 Å². The molecule has 1 aromatic rings. The first-order valence-electron chi connectivity index (χ1n) is 8.72. The lowest BCUT2D eigenvalue weighted by molar-refractivity contribution is -0.0440. The summed E-state index contributed by atoms with van der Waals surface area (Å²) in [6, 6.07) is 7.58. The van der Waals surface area contributed by atoms with Crippen LogP contribution < -0.4 is 0 Å². The molecule has 0 aromatic heterocycles. The minimum atomic E-state index is -3.42. The molecular formula is C18H27NO3S. The molecule has 0 spiro atoms. The average molecular weight is 337 g/mol. The Kier molecular flexibility index (Phi) is 5.09. The zero-order valence-corrected chi connectivity index (χ0v) is 14.9. The van der Waals surface area contributed by atoms with Crippen molar-refractivity contribution >= 4 is 10.0 Å². The molecule has 1 aromatic carbocycles. The summed E-state index contributed by atoms with van der Waals surface area (Å²) in [5.74, 6) is 0.601. The Labute approximate surface area is 139 Å². The van der Waals surface area contributed by atoms with Crippen LogP contribution in [0.15, 0.2) is 29.2 Å². The van der Waals surface area contributed by atoms with Crippen molar-refractivity contribution in [3.8, 4) is 0 Å². The molecule has 23 heavy (non-hydrogen) atoms. The van der Waals surface area contributed by atoms with Crippen molar-refractivity contribution in [3.05, 3.63) is 29.8 Å². The predicted molar refractivity (Wildman–Crippen MR) is 91.0 cm³/mol. The molecule has 0 radical (unpaired) electrons. The minimum Gasteiger partial charge on any atom is -0.373 e. The summed E-state index contributed by atoms with van der Waals surface area (Å²) in [6.45, 7) is 4.70. The van der Waals surface area contributed by atoms with Crippen molar-refractivity contribution in [1.29, 1.82) is 0 Å². The molecule has 4 nitrogen and oxygen atoms in total. The van der Waals surface area contributed by atoms with Gasteiger partial charge in [0.25, 0.3) is 0 Å². The van der Waals surface area contributed by atoms with Gasteiger partial charge in [-0.2, -0.15) is 4.31 Å². The van der Waals surface area contributed by atoms with E-state index < -0.39 is 10.0 Å². The van der Waals surface area contributed by atoms with Crippen LogP contribution in [0.4, 0.5) is 0 Å². The van der Waals surface area contributed by atoms with Gasteiger partial charge in [-0.25, -0.2) is 8.42 Å². The predicted octanol–water partition coefficient (Wildman–Crippen LogP) is 3.53. The number of rotatable bonds is 3. The van der Waals surface area contributed by atoms with Crippen LogP contribution in [0.2, 0.25) is 0 Å². The summed E-state index contributed by atoms with van der Waals surface area (Å²) in [4.78, 5) is 0.401. The van der Waals surface area contributed by atoms with Crippen LogP contribution in [-0.2, 0) is 14.8 Å². The molecule has 5 heteroatoms.